The van der Waals surface area contributed by atoms with Crippen molar-refractivity contribution in [2.24, 2.45) is 0 Å². The SMILES string of the molecule is CC(C)NC(=O)Nc1ccc(C(=O)Nc2ccccc2Cc2ccccc2)cc1. The maximum atomic E-state index is 12.7. The number of carbonyl (C=O) groups excluding carboxylic acids is 2. The van der Waals surface area contributed by atoms with Gasteiger partial charge in [-0.25, -0.2) is 4.79 Å². The van der Waals surface area contributed by atoms with Crippen LogP contribution in [-0.4, -0.2) is 18.0 Å². The number of anilines is 2. The third kappa shape index (κ3) is 5.94. The Labute approximate surface area is 171 Å². The van der Waals surface area contributed by atoms with E-state index in [4.69, 9.17) is 0 Å². The molecule has 0 atom stereocenters. The lowest BCUT2D eigenvalue weighted by Crippen LogP contribution is -2.34. The summed E-state index contributed by atoms with van der Waals surface area (Å²) in [7, 11) is 0. The van der Waals surface area contributed by atoms with Crippen LogP contribution in [0.3, 0.4) is 0 Å². The van der Waals surface area contributed by atoms with E-state index >= 15 is 0 Å². The van der Waals surface area contributed by atoms with E-state index in [1.165, 1.54) is 5.56 Å². The average molecular weight is 387 g/mol. The van der Waals surface area contributed by atoms with Crippen molar-refractivity contribution in [3.05, 3.63) is 95.6 Å². The van der Waals surface area contributed by atoms with Crippen LogP contribution >= 0.6 is 0 Å². The van der Waals surface area contributed by atoms with Gasteiger partial charge in [-0.1, -0.05) is 48.5 Å². The minimum absolute atomic E-state index is 0.0519. The van der Waals surface area contributed by atoms with Crippen LogP contribution in [0.1, 0.15) is 35.3 Å². The number of benzene rings is 3. The van der Waals surface area contributed by atoms with Gasteiger partial charge in [0.2, 0.25) is 0 Å². The van der Waals surface area contributed by atoms with E-state index < -0.39 is 0 Å². The molecule has 0 aromatic heterocycles. The molecule has 3 rings (SSSR count). The summed E-state index contributed by atoms with van der Waals surface area (Å²) in [5.41, 5.74) is 4.18. The number of hydrogen-bond acceptors (Lipinski definition) is 2. The third-order valence-corrected chi connectivity index (χ3v) is 4.33. The average Bonchev–Trinajstić information content (AvgIpc) is 2.70. The van der Waals surface area contributed by atoms with Gasteiger partial charge in [-0.15, -0.1) is 0 Å². The highest BCUT2D eigenvalue weighted by atomic mass is 16.2. The lowest BCUT2D eigenvalue weighted by Gasteiger charge is -2.12. The summed E-state index contributed by atoms with van der Waals surface area (Å²) in [6.07, 6.45) is 0.741. The maximum Gasteiger partial charge on any atom is 0.319 e. The summed E-state index contributed by atoms with van der Waals surface area (Å²) in [6, 6.07) is 24.5. The molecule has 0 unspecified atom stereocenters. The molecule has 0 aliphatic rings. The summed E-state index contributed by atoms with van der Waals surface area (Å²) in [6.45, 7) is 3.78. The Bertz CT molecular complexity index is 967. The number of nitrogens with one attached hydrogen (secondary N) is 3. The Morgan fingerprint density at radius 3 is 2.14 bits per heavy atom. The maximum absolute atomic E-state index is 12.7. The topological polar surface area (TPSA) is 70.2 Å². The molecule has 0 aliphatic carbocycles. The Kier molecular flexibility index (Phi) is 6.63. The molecular formula is C24H25N3O2. The van der Waals surface area contributed by atoms with Crippen molar-refractivity contribution < 1.29 is 9.59 Å². The van der Waals surface area contributed by atoms with E-state index in [1.54, 1.807) is 24.3 Å². The Balaban J connectivity index is 1.67. The quantitative estimate of drug-likeness (QED) is 0.553. The number of amides is 3. The molecule has 0 saturated heterocycles. The van der Waals surface area contributed by atoms with Crippen LogP contribution in [0.4, 0.5) is 16.2 Å². The van der Waals surface area contributed by atoms with Crippen molar-refractivity contribution in [3.63, 3.8) is 0 Å². The van der Waals surface area contributed by atoms with E-state index in [0.29, 0.717) is 11.3 Å². The molecule has 5 nitrogen and oxygen atoms in total. The highest BCUT2D eigenvalue weighted by molar-refractivity contribution is 6.05. The molecule has 5 heteroatoms. The first-order valence-corrected chi connectivity index (χ1v) is 9.62. The molecule has 0 bridgehead atoms. The lowest BCUT2D eigenvalue weighted by molar-refractivity contribution is 0.102. The van der Waals surface area contributed by atoms with E-state index in [9.17, 15) is 9.59 Å². The standard InChI is InChI=1S/C24H25N3O2/c1-17(2)25-24(29)26-21-14-12-19(13-15-21)23(28)27-22-11-7-6-10-20(22)16-18-8-4-3-5-9-18/h3-15,17H,16H2,1-2H3,(H,27,28)(H2,25,26,29). The van der Waals surface area contributed by atoms with E-state index in [1.807, 2.05) is 56.3 Å². The number of para-hydroxylation sites is 1. The number of urea groups is 1. The normalized spacial score (nSPS) is 10.4. The van der Waals surface area contributed by atoms with Crippen LogP contribution in [0.2, 0.25) is 0 Å². The van der Waals surface area contributed by atoms with Crippen LogP contribution in [0.25, 0.3) is 0 Å². The molecule has 29 heavy (non-hydrogen) atoms. The predicted octanol–water partition coefficient (Wildman–Crippen LogP) is 5.06. The van der Waals surface area contributed by atoms with Crippen molar-refractivity contribution >= 4 is 23.3 Å². The zero-order valence-electron chi connectivity index (χ0n) is 16.6. The molecule has 0 saturated carbocycles. The number of hydrogen-bond donors (Lipinski definition) is 3. The molecule has 0 heterocycles. The minimum Gasteiger partial charge on any atom is -0.336 e. The van der Waals surface area contributed by atoms with E-state index in [2.05, 4.69) is 28.1 Å². The monoisotopic (exact) mass is 387 g/mol. The summed E-state index contributed by atoms with van der Waals surface area (Å²) < 4.78 is 0. The fourth-order valence-electron chi connectivity index (χ4n) is 2.94. The first kappa shape index (κ1) is 20.1. The Morgan fingerprint density at radius 1 is 0.793 bits per heavy atom. The molecule has 3 aromatic rings. The van der Waals surface area contributed by atoms with Gasteiger partial charge in [-0.2, -0.15) is 0 Å². The van der Waals surface area contributed by atoms with E-state index in [0.717, 1.165) is 17.7 Å². The lowest BCUT2D eigenvalue weighted by atomic mass is 10.0. The van der Waals surface area contributed by atoms with Gasteiger partial charge in [-0.05, 0) is 61.7 Å². The molecule has 0 spiro atoms. The Hall–Kier alpha value is -3.60. The van der Waals surface area contributed by atoms with Crippen molar-refractivity contribution in [3.8, 4) is 0 Å². The van der Waals surface area contributed by atoms with Crippen LogP contribution < -0.4 is 16.0 Å². The molecule has 3 amide bonds. The fourth-order valence-corrected chi connectivity index (χ4v) is 2.94. The first-order chi connectivity index (χ1) is 14.0. The first-order valence-electron chi connectivity index (χ1n) is 9.62. The highest BCUT2D eigenvalue weighted by Crippen LogP contribution is 2.20. The molecular weight excluding hydrogens is 362 g/mol. The minimum atomic E-state index is -0.271. The molecule has 0 radical (unpaired) electrons. The van der Waals surface area contributed by atoms with Crippen molar-refractivity contribution in [1.82, 2.24) is 5.32 Å². The Morgan fingerprint density at radius 2 is 1.45 bits per heavy atom. The second-order valence-corrected chi connectivity index (χ2v) is 7.10. The summed E-state index contributed by atoms with van der Waals surface area (Å²) in [5, 5.41) is 8.50. The fraction of sp³-hybridized carbons (Fsp3) is 0.167. The second-order valence-electron chi connectivity index (χ2n) is 7.10. The van der Waals surface area contributed by atoms with Crippen molar-refractivity contribution in [1.29, 1.82) is 0 Å². The molecule has 0 fully saturated rings. The van der Waals surface area contributed by atoms with Crippen LogP contribution in [0, 0.1) is 0 Å². The zero-order chi connectivity index (χ0) is 20.6. The predicted molar refractivity (Wildman–Crippen MR) is 117 cm³/mol. The van der Waals surface area contributed by atoms with Gasteiger partial charge in [0, 0.05) is 23.0 Å². The van der Waals surface area contributed by atoms with Gasteiger partial charge in [-0.3, -0.25) is 4.79 Å². The van der Waals surface area contributed by atoms with Crippen molar-refractivity contribution in [2.45, 2.75) is 26.3 Å². The summed E-state index contributed by atoms with van der Waals surface area (Å²) in [4.78, 5) is 24.5. The molecule has 0 aliphatic heterocycles. The highest BCUT2D eigenvalue weighted by Gasteiger charge is 2.10. The molecule has 148 valence electrons. The van der Waals surface area contributed by atoms with Gasteiger partial charge < -0.3 is 16.0 Å². The second kappa shape index (κ2) is 9.55. The smallest absolute Gasteiger partial charge is 0.319 e. The number of carbonyl (C=O) groups is 2. The third-order valence-electron chi connectivity index (χ3n) is 4.33. The molecule has 3 N–H and O–H groups in total. The van der Waals surface area contributed by atoms with Gasteiger partial charge in [0.15, 0.2) is 0 Å². The largest absolute Gasteiger partial charge is 0.336 e. The van der Waals surface area contributed by atoms with Gasteiger partial charge in [0.05, 0.1) is 0 Å². The summed E-state index contributed by atoms with van der Waals surface area (Å²) >= 11 is 0. The number of rotatable bonds is 6. The summed E-state index contributed by atoms with van der Waals surface area (Å²) in [5.74, 6) is -0.191. The van der Waals surface area contributed by atoms with Gasteiger partial charge in [0.1, 0.15) is 0 Å². The molecule has 3 aromatic carbocycles. The van der Waals surface area contributed by atoms with Crippen molar-refractivity contribution in [2.75, 3.05) is 10.6 Å². The van der Waals surface area contributed by atoms with E-state index in [-0.39, 0.29) is 18.0 Å². The van der Waals surface area contributed by atoms with Crippen LogP contribution in [-0.2, 0) is 6.42 Å². The van der Waals surface area contributed by atoms with Gasteiger partial charge >= 0.3 is 6.03 Å². The van der Waals surface area contributed by atoms with Crippen LogP contribution in [0.15, 0.2) is 78.9 Å². The van der Waals surface area contributed by atoms with Gasteiger partial charge in [0.25, 0.3) is 5.91 Å². The van der Waals surface area contributed by atoms with Crippen LogP contribution in [0.5, 0.6) is 0 Å². The zero-order valence-corrected chi connectivity index (χ0v) is 16.6.